The predicted molar refractivity (Wildman–Crippen MR) is 108 cm³/mol. The molecule has 0 spiro atoms. The Morgan fingerprint density at radius 2 is 1.92 bits per heavy atom. The standard InChI is InChI=1S/C19H22N2O2S2/c1-12-8-6-7-10-14(12)20-19(24)21-17-16(18(22)23-2)13-9-4-3-5-11-15(13)25-17/h6-8,10H,3-5,9,11H2,1-2H3,(H2,20,21,24). The van der Waals surface area contributed by atoms with E-state index >= 15 is 0 Å². The van der Waals surface area contributed by atoms with Gasteiger partial charge in [-0.1, -0.05) is 24.6 Å². The average Bonchev–Trinajstić information content (AvgIpc) is 2.77. The molecular formula is C19H22N2O2S2. The lowest BCUT2D eigenvalue weighted by molar-refractivity contribution is 0.0601. The first-order valence-corrected chi connectivity index (χ1v) is 9.69. The summed E-state index contributed by atoms with van der Waals surface area (Å²) in [7, 11) is 1.43. The number of anilines is 2. The number of para-hydroxylation sites is 1. The second kappa shape index (κ2) is 7.97. The summed E-state index contributed by atoms with van der Waals surface area (Å²) < 4.78 is 5.03. The average molecular weight is 375 g/mol. The molecule has 4 nitrogen and oxygen atoms in total. The lowest BCUT2D eigenvalue weighted by Gasteiger charge is -2.12. The smallest absolute Gasteiger partial charge is 0.341 e. The van der Waals surface area contributed by atoms with Gasteiger partial charge in [0.15, 0.2) is 5.11 Å². The highest BCUT2D eigenvalue weighted by Crippen LogP contribution is 2.38. The number of thiocarbonyl (C=S) groups is 1. The van der Waals surface area contributed by atoms with Gasteiger partial charge in [-0.05, 0) is 62.0 Å². The summed E-state index contributed by atoms with van der Waals surface area (Å²) in [5, 5.41) is 7.69. The third-order valence-electron chi connectivity index (χ3n) is 4.43. The molecule has 0 amide bonds. The Kier molecular flexibility index (Phi) is 5.71. The molecule has 0 saturated heterocycles. The molecule has 0 unspecified atom stereocenters. The highest BCUT2D eigenvalue weighted by molar-refractivity contribution is 7.80. The molecule has 0 atom stereocenters. The van der Waals surface area contributed by atoms with Crippen molar-refractivity contribution >= 4 is 45.3 Å². The van der Waals surface area contributed by atoms with Crippen molar-refractivity contribution in [1.29, 1.82) is 0 Å². The number of hydrogen-bond donors (Lipinski definition) is 2. The number of fused-ring (bicyclic) bond motifs is 1. The Balaban J connectivity index is 1.85. The van der Waals surface area contributed by atoms with E-state index in [4.69, 9.17) is 17.0 Å². The van der Waals surface area contributed by atoms with Crippen LogP contribution >= 0.6 is 23.6 Å². The minimum Gasteiger partial charge on any atom is -0.465 e. The minimum atomic E-state index is -0.291. The molecule has 3 rings (SSSR count). The van der Waals surface area contributed by atoms with Crippen LogP contribution in [0.25, 0.3) is 0 Å². The maximum atomic E-state index is 12.4. The van der Waals surface area contributed by atoms with Crippen molar-refractivity contribution in [3.05, 3.63) is 45.8 Å². The molecule has 2 N–H and O–H groups in total. The Morgan fingerprint density at radius 3 is 2.68 bits per heavy atom. The molecule has 25 heavy (non-hydrogen) atoms. The van der Waals surface area contributed by atoms with Crippen LogP contribution in [0.1, 0.15) is 45.6 Å². The van der Waals surface area contributed by atoms with E-state index in [1.54, 1.807) is 11.3 Å². The van der Waals surface area contributed by atoms with E-state index in [0.29, 0.717) is 10.7 Å². The van der Waals surface area contributed by atoms with Crippen molar-refractivity contribution in [2.45, 2.75) is 39.0 Å². The van der Waals surface area contributed by atoms with Crippen LogP contribution in [-0.4, -0.2) is 18.2 Å². The number of ether oxygens (including phenoxy) is 1. The van der Waals surface area contributed by atoms with E-state index in [9.17, 15) is 4.79 Å². The molecular weight excluding hydrogens is 352 g/mol. The fourth-order valence-corrected chi connectivity index (χ4v) is 4.68. The number of nitrogens with one attached hydrogen (secondary N) is 2. The Labute approximate surface area is 157 Å². The molecule has 132 valence electrons. The summed E-state index contributed by atoms with van der Waals surface area (Å²) in [6, 6.07) is 7.96. The SMILES string of the molecule is COC(=O)c1c(NC(=S)Nc2ccccc2C)sc2c1CCCCC2. The fraction of sp³-hybridized carbons (Fsp3) is 0.368. The van der Waals surface area contributed by atoms with E-state index in [1.165, 1.54) is 24.8 Å². The molecule has 0 fully saturated rings. The van der Waals surface area contributed by atoms with Crippen molar-refractivity contribution in [2.75, 3.05) is 17.7 Å². The zero-order valence-electron chi connectivity index (χ0n) is 14.5. The summed E-state index contributed by atoms with van der Waals surface area (Å²) in [6.07, 6.45) is 5.43. The van der Waals surface area contributed by atoms with E-state index in [0.717, 1.165) is 41.1 Å². The summed E-state index contributed by atoms with van der Waals surface area (Å²) in [5.41, 5.74) is 3.86. The third kappa shape index (κ3) is 4.02. The highest BCUT2D eigenvalue weighted by Gasteiger charge is 2.25. The zero-order chi connectivity index (χ0) is 17.8. The molecule has 1 heterocycles. The van der Waals surface area contributed by atoms with Crippen molar-refractivity contribution in [3.63, 3.8) is 0 Å². The Bertz CT molecular complexity index is 799. The van der Waals surface area contributed by atoms with Gasteiger partial charge >= 0.3 is 5.97 Å². The van der Waals surface area contributed by atoms with Gasteiger partial charge in [-0.3, -0.25) is 0 Å². The highest BCUT2D eigenvalue weighted by atomic mass is 32.1. The molecule has 0 radical (unpaired) electrons. The Hall–Kier alpha value is -1.92. The quantitative estimate of drug-likeness (QED) is 0.454. The lowest BCUT2D eigenvalue weighted by atomic mass is 10.1. The molecule has 1 aliphatic rings. The Morgan fingerprint density at radius 1 is 1.16 bits per heavy atom. The molecule has 0 saturated carbocycles. The normalized spacial score (nSPS) is 13.5. The van der Waals surface area contributed by atoms with Crippen LogP contribution in [0, 0.1) is 6.92 Å². The van der Waals surface area contributed by atoms with Gasteiger partial charge in [0.05, 0.1) is 12.7 Å². The second-order valence-corrected chi connectivity index (χ2v) is 7.67. The van der Waals surface area contributed by atoms with E-state index in [2.05, 4.69) is 10.6 Å². The number of esters is 1. The summed E-state index contributed by atoms with van der Waals surface area (Å²) in [4.78, 5) is 13.6. The van der Waals surface area contributed by atoms with Gasteiger partial charge in [0.1, 0.15) is 5.00 Å². The molecule has 2 aromatic rings. The number of methoxy groups -OCH3 is 1. The van der Waals surface area contributed by atoms with E-state index in [1.807, 2.05) is 31.2 Å². The number of aryl methyl sites for hydroxylation is 2. The van der Waals surface area contributed by atoms with Crippen LogP contribution < -0.4 is 10.6 Å². The van der Waals surface area contributed by atoms with E-state index < -0.39 is 0 Å². The largest absolute Gasteiger partial charge is 0.465 e. The van der Waals surface area contributed by atoms with Crippen LogP contribution in [0.2, 0.25) is 0 Å². The van der Waals surface area contributed by atoms with Gasteiger partial charge in [-0.15, -0.1) is 11.3 Å². The van der Waals surface area contributed by atoms with Crippen LogP contribution in [0.15, 0.2) is 24.3 Å². The van der Waals surface area contributed by atoms with Crippen LogP contribution in [-0.2, 0) is 17.6 Å². The van der Waals surface area contributed by atoms with Gasteiger partial charge in [0, 0.05) is 10.6 Å². The summed E-state index contributed by atoms with van der Waals surface area (Å²) in [6.45, 7) is 2.03. The first-order chi connectivity index (χ1) is 12.1. The van der Waals surface area contributed by atoms with Gasteiger partial charge in [0.25, 0.3) is 0 Å². The number of hydrogen-bond acceptors (Lipinski definition) is 4. The minimum absolute atomic E-state index is 0.291. The summed E-state index contributed by atoms with van der Waals surface area (Å²) in [5.74, 6) is -0.291. The van der Waals surface area contributed by atoms with Crippen molar-refractivity contribution in [1.82, 2.24) is 0 Å². The zero-order valence-corrected chi connectivity index (χ0v) is 16.1. The molecule has 0 bridgehead atoms. The number of benzene rings is 1. The predicted octanol–water partition coefficient (Wildman–Crippen LogP) is 4.92. The van der Waals surface area contributed by atoms with Crippen molar-refractivity contribution in [3.8, 4) is 0 Å². The maximum absolute atomic E-state index is 12.4. The second-order valence-electron chi connectivity index (χ2n) is 6.15. The van der Waals surface area contributed by atoms with Crippen LogP contribution in [0.4, 0.5) is 10.7 Å². The van der Waals surface area contributed by atoms with E-state index in [-0.39, 0.29) is 5.97 Å². The maximum Gasteiger partial charge on any atom is 0.341 e. The van der Waals surface area contributed by atoms with Gasteiger partial charge in [-0.2, -0.15) is 0 Å². The topological polar surface area (TPSA) is 50.4 Å². The molecule has 1 aromatic heterocycles. The monoisotopic (exact) mass is 374 g/mol. The van der Waals surface area contributed by atoms with Gasteiger partial charge in [-0.25, -0.2) is 4.79 Å². The first-order valence-electron chi connectivity index (χ1n) is 8.46. The first kappa shape index (κ1) is 17.9. The van der Waals surface area contributed by atoms with Gasteiger partial charge < -0.3 is 15.4 Å². The lowest BCUT2D eigenvalue weighted by Crippen LogP contribution is -2.20. The molecule has 0 aliphatic heterocycles. The van der Waals surface area contributed by atoms with Crippen LogP contribution in [0.5, 0.6) is 0 Å². The molecule has 6 heteroatoms. The third-order valence-corrected chi connectivity index (χ3v) is 5.84. The van der Waals surface area contributed by atoms with Crippen molar-refractivity contribution in [2.24, 2.45) is 0 Å². The summed E-state index contributed by atoms with van der Waals surface area (Å²) >= 11 is 7.08. The van der Waals surface area contributed by atoms with Crippen LogP contribution in [0.3, 0.4) is 0 Å². The number of carbonyl (C=O) groups is 1. The number of thiophene rings is 1. The number of carbonyl (C=O) groups excluding carboxylic acids is 1. The number of rotatable bonds is 3. The van der Waals surface area contributed by atoms with Crippen molar-refractivity contribution < 1.29 is 9.53 Å². The molecule has 1 aliphatic carbocycles. The fourth-order valence-electron chi connectivity index (χ4n) is 3.12. The molecule has 1 aromatic carbocycles. The van der Waals surface area contributed by atoms with Gasteiger partial charge in [0.2, 0.25) is 0 Å².